The van der Waals surface area contributed by atoms with E-state index in [1.54, 1.807) is 12.1 Å². The van der Waals surface area contributed by atoms with Crippen molar-refractivity contribution >= 4 is 40.2 Å². The Morgan fingerprint density at radius 2 is 2.00 bits per heavy atom. The maximum Gasteiger partial charge on any atom is 0.368 e. The lowest BCUT2D eigenvalue weighted by atomic mass is 10.3. The van der Waals surface area contributed by atoms with Crippen LogP contribution < -0.4 is 5.32 Å². The highest BCUT2D eigenvalue weighted by molar-refractivity contribution is 8.07. The smallest absolute Gasteiger partial charge is 0.368 e. The summed E-state index contributed by atoms with van der Waals surface area (Å²) in [6, 6.07) is 9.12. The molecule has 0 unspecified atom stereocenters. The molecule has 1 rings (SSSR count). The minimum atomic E-state index is -3.53. The van der Waals surface area contributed by atoms with Crippen LogP contribution in [0, 0.1) is 0 Å². The molecule has 0 atom stereocenters. The first-order valence-electron chi connectivity index (χ1n) is 3.97. The summed E-state index contributed by atoms with van der Waals surface area (Å²) in [5.74, 6) is -3.53. The number of benzene rings is 1. The second-order valence-corrected chi connectivity index (χ2v) is 6.87. The summed E-state index contributed by atoms with van der Waals surface area (Å²) >= 11 is 10.6. The van der Waals surface area contributed by atoms with Crippen molar-refractivity contribution in [3.63, 3.8) is 0 Å². The van der Waals surface area contributed by atoms with Gasteiger partial charge in [-0.15, -0.1) is 4.76 Å². The topological polar surface area (TPSA) is 50.7 Å². The summed E-state index contributed by atoms with van der Waals surface area (Å²) in [6.07, 6.45) is 0. The molecule has 82 valence electrons. The van der Waals surface area contributed by atoms with Crippen LogP contribution in [-0.2, 0) is 9.30 Å². The van der Waals surface area contributed by atoms with E-state index in [1.165, 1.54) is 7.11 Å². The molecule has 1 N–H and O–H groups in total. The molecule has 0 aliphatic carbocycles. The van der Waals surface area contributed by atoms with Crippen LogP contribution in [0.3, 0.4) is 0 Å². The Balaban J connectivity index is 2.79. The van der Waals surface area contributed by atoms with Gasteiger partial charge in [-0.05, 0) is 34.6 Å². The van der Waals surface area contributed by atoms with E-state index in [0.717, 1.165) is 5.69 Å². The second kappa shape index (κ2) is 5.40. The fraction of sp³-hybridized carbons (Fsp3) is 0.125. The van der Waals surface area contributed by atoms with Gasteiger partial charge in [0.15, 0.2) is 0 Å². The largest absolute Gasteiger partial charge is 0.468 e. The minimum Gasteiger partial charge on any atom is -0.468 e. The van der Waals surface area contributed by atoms with E-state index in [4.69, 9.17) is 27.2 Å². The molecular formula is C8H9Cl2N2O2P. The van der Waals surface area contributed by atoms with E-state index < -0.39 is 6.00 Å². The second-order valence-electron chi connectivity index (χ2n) is 2.54. The first kappa shape index (κ1) is 12.4. The lowest BCUT2D eigenvalue weighted by molar-refractivity contribution is 0.403. The van der Waals surface area contributed by atoms with Gasteiger partial charge in [-0.2, -0.15) is 0 Å². The van der Waals surface area contributed by atoms with E-state index in [0.29, 0.717) is 0 Å². The van der Waals surface area contributed by atoms with Gasteiger partial charge in [-0.25, -0.2) is 0 Å². The number of ether oxygens (including phenoxy) is 1. The zero-order chi connectivity index (χ0) is 11.3. The monoisotopic (exact) mass is 266 g/mol. The van der Waals surface area contributed by atoms with Crippen LogP contribution in [0.4, 0.5) is 5.69 Å². The van der Waals surface area contributed by atoms with Crippen LogP contribution in [-0.4, -0.2) is 13.1 Å². The van der Waals surface area contributed by atoms with Crippen LogP contribution in [0.1, 0.15) is 0 Å². The Kier molecular flexibility index (Phi) is 4.45. The number of hydrogen-bond donors (Lipinski definition) is 1. The normalized spacial score (nSPS) is 12.3. The van der Waals surface area contributed by atoms with Gasteiger partial charge in [0.05, 0.1) is 7.11 Å². The van der Waals surface area contributed by atoms with Crippen LogP contribution in [0.25, 0.3) is 0 Å². The van der Waals surface area contributed by atoms with Gasteiger partial charge in [0.2, 0.25) is 0 Å². The van der Waals surface area contributed by atoms with Crippen molar-refractivity contribution < 1.29 is 9.30 Å². The van der Waals surface area contributed by atoms with Gasteiger partial charge in [0.25, 0.3) is 6.02 Å². The maximum absolute atomic E-state index is 11.0. The third kappa shape index (κ3) is 5.07. The highest BCUT2D eigenvalue weighted by atomic mass is 35.9. The first-order valence-corrected chi connectivity index (χ1v) is 7.44. The van der Waals surface area contributed by atoms with Crippen LogP contribution in [0.15, 0.2) is 35.1 Å². The van der Waals surface area contributed by atoms with E-state index in [2.05, 4.69) is 10.1 Å². The first-order chi connectivity index (χ1) is 7.01. The molecular weight excluding hydrogens is 258 g/mol. The molecule has 0 bridgehead atoms. The van der Waals surface area contributed by atoms with Crippen molar-refractivity contribution in [3.05, 3.63) is 30.3 Å². The Morgan fingerprint density at radius 3 is 2.47 bits per heavy atom. The molecule has 0 spiro atoms. The third-order valence-electron chi connectivity index (χ3n) is 1.43. The number of hydrogen-bond acceptors (Lipinski definition) is 2. The third-order valence-corrected chi connectivity index (χ3v) is 2.29. The zero-order valence-corrected chi connectivity index (χ0v) is 10.3. The van der Waals surface area contributed by atoms with Crippen molar-refractivity contribution in [3.8, 4) is 0 Å². The minimum absolute atomic E-state index is 0.00883. The highest BCUT2D eigenvalue weighted by Crippen LogP contribution is 2.58. The number of nitrogens with zero attached hydrogens (tertiary/aromatic N) is 1. The van der Waals surface area contributed by atoms with Gasteiger partial charge < -0.3 is 10.1 Å². The molecule has 0 aromatic heterocycles. The average molecular weight is 267 g/mol. The van der Waals surface area contributed by atoms with Crippen molar-refractivity contribution in [1.82, 2.24) is 0 Å². The maximum atomic E-state index is 11.0. The van der Waals surface area contributed by atoms with Crippen LogP contribution in [0.5, 0.6) is 0 Å². The van der Waals surface area contributed by atoms with Gasteiger partial charge in [-0.1, -0.05) is 18.2 Å². The molecule has 0 aliphatic heterocycles. The fourth-order valence-electron chi connectivity index (χ4n) is 0.868. The van der Waals surface area contributed by atoms with E-state index in [9.17, 15) is 4.57 Å². The Hall–Kier alpha value is -0.700. The van der Waals surface area contributed by atoms with Crippen LogP contribution in [0.2, 0.25) is 0 Å². The fourth-order valence-corrected chi connectivity index (χ4v) is 1.62. The predicted octanol–water partition coefficient (Wildman–Crippen LogP) is 3.69. The van der Waals surface area contributed by atoms with E-state index in [1.807, 2.05) is 18.2 Å². The number of methoxy groups -OCH3 is 1. The van der Waals surface area contributed by atoms with Crippen molar-refractivity contribution in [1.29, 1.82) is 0 Å². The molecule has 1 aromatic carbocycles. The quantitative estimate of drug-likeness (QED) is 0.505. The average Bonchev–Trinajstić information content (AvgIpc) is 2.16. The lowest BCUT2D eigenvalue weighted by Gasteiger charge is -2.07. The number of nitrogens with one attached hydrogen (secondary N) is 1. The van der Waals surface area contributed by atoms with Gasteiger partial charge in [-0.3, -0.25) is 4.57 Å². The molecule has 0 amide bonds. The Bertz CT molecular complexity index is 391. The summed E-state index contributed by atoms with van der Waals surface area (Å²) in [5.41, 5.74) is 0.736. The summed E-state index contributed by atoms with van der Waals surface area (Å²) < 4.78 is 19.3. The molecule has 15 heavy (non-hydrogen) atoms. The summed E-state index contributed by atoms with van der Waals surface area (Å²) in [7, 11) is 1.37. The number of halogens is 2. The van der Waals surface area contributed by atoms with E-state index >= 15 is 0 Å². The molecule has 0 heterocycles. The SMILES string of the molecule is CO/C(=N\P(=O)(Cl)Cl)Nc1ccccc1. The van der Waals surface area contributed by atoms with Crippen molar-refractivity contribution in [2.75, 3.05) is 12.4 Å². The molecule has 0 radical (unpaired) electrons. The molecule has 0 fully saturated rings. The Labute approximate surface area is 97.3 Å². The van der Waals surface area contributed by atoms with Crippen molar-refractivity contribution in [2.45, 2.75) is 0 Å². The van der Waals surface area contributed by atoms with Gasteiger partial charge in [0, 0.05) is 5.69 Å². The van der Waals surface area contributed by atoms with Gasteiger partial charge in [0.1, 0.15) is 0 Å². The summed E-state index contributed by atoms with van der Waals surface area (Å²) in [5, 5.41) is 2.77. The molecule has 0 aliphatic rings. The highest BCUT2D eigenvalue weighted by Gasteiger charge is 2.13. The number of amidine groups is 1. The lowest BCUT2D eigenvalue weighted by Crippen LogP contribution is -2.13. The molecule has 1 aromatic rings. The Morgan fingerprint density at radius 1 is 1.40 bits per heavy atom. The molecule has 0 saturated carbocycles. The van der Waals surface area contributed by atoms with Crippen molar-refractivity contribution in [2.24, 2.45) is 4.76 Å². The van der Waals surface area contributed by atoms with Gasteiger partial charge >= 0.3 is 6.00 Å². The van der Waals surface area contributed by atoms with Crippen LogP contribution >= 0.6 is 28.5 Å². The zero-order valence-electron chi connectivity index (χ0n) is 7.85. The number of rotatable bonds is 2. The molecule has 7 heteroatoms. The molecule has 0 saturated heterocycles. The predicted molar refractivity (Wildman–Crippen MR) is 63.8 cm³/mol. The number of para-hydroxylation sites is 1. The number of anilines is 1. The standard InChI is InChI=1S/C8H9Cl2N2O2P/c1-14-8(12-15(9,10)13)11-7-5-3-2-4-6-7/h2-6H,1H3,(H,11,12,13). The molecule has 4 nitrogen and oxygen atoms in total. The van der Waals surface area contributed by atoms with E-state index in [-0.39, 0.29) is 6.02 Å². The summed E-state index contributed by atoms with van der Waals surface area (Å²) in [6.45, 7) is 0. The summed E-state index contributed by atoms with van der Waals surface area (Å²) in [4.78, 5) is 0.